The summed E-state index contributed by atoms with van der Waals surface area (Å²) in [6.07, 6.45) is 7.32. The minimum absolute atomic E-state index is 0.0225. The van der Waals surface area contributed by atoms with Crippen molar-refractivity contribution in [1.82, 2.24) is 19.7 Å². The lowest BCUT2D eigenvalue weighted by atomic mass is 10.2. The van der Waals surface area contributed by atoms with E-state index in [4.69, 9.17) is 20.8 Å². The molecule has 3 heterocycles. The third-order valence-corrected chi connectivity index (χ3v) is 5.00. The van der Waals surface area contributed by atoms with Gasteiger partial charge in [0.2, 0.25) is 10.0 Å². The highest BCUT2D eigenvalue weighted by Crippen LogP contribution is 2.25. The Kier molecular flexibility index (Phi) is 6.47. The molecule has 14 heteroatoms. The fourth-order valence-electron chi connectivity index (χ4n) is 2.85. The first kappa shape index (κ1) is 23.2. The topological polar surface area (TPSA) is 141 Å². The van der Waals surface area contributed by atoms with Crippen LogP contribution in [0.4, 0.5) is 15.8 Å². The van der Waals surface area contributed by atoms with Gasteiger partial charge in [-0.25, -0.2) is 27.5 Å². The van der Waals surface area contributed by atoms with Crippen molar-refractivity contribution in [1.29, 1.82) is 0 Å². The van der Waals surface area contributed by atoms with Crippen LogP contribution in [0, 0.1) is 5.82 Å². The van der Waals surface area contributed by atoms with E-state index in [0.717, 1.165) is 18.5 Å². The molecular formula is C20H16ClFN6O5S. The van der Waals surface area contributed by atoms with Crippen LogP contribution in [0.1, 0.15) is 16.1 Å². The number of hydrogen-bond acceptors (Lipinski definition) is 8. The Morgan fingerprint density at radius 3 is 2.74 bits per heavy atom. The lowest BCUT2D eigenvalue weighted by Crippen LogP contribution is -2.13. The summed E-state index contributed by atoms with van der Waals surface area (Å²) in [7, 11) is -3.53. The lowest BCUT2D eigenvalue weighted by molar-refractivity contribution is 0.102. The van der Waals surface area contributed by atoms with Gasteiger partial charge in [0, 0.05) is 23.0 Å². The minimum Gasteiger partial charge on any atom is -0.482 e. The van der Waals surface area contributed by atoms with Crippen molar-refractivity contribution in [2.75, 3.05) is 16.3 Å². The number of nitrogens with one attached hydrogen (secondary N) is 2. The molecule has 2 N–H and O–H groups in total. The normalized spacial score (nSPS) is 11.3. The van der Waals surface area contributed by atoms with Crippen molar-refractivity contribution in [2.24, 2.45) is 0 Å². The third-order valence-electron chi connectivity index (χ3n) is 4.17. The average Bonchev–Trinajstić information content (AvgIpc) is 3.43. The van der Waals surface area contributed by atoms with E-state index < -0.39 is 21.7 Å². The van der Waals surface area contributed by atoms with Gasteiger partial charge in [0.25, 0.3) is 5.91 Å². The van der Waals surface area contributed by atoms with Crippen LogP contribution in [0.5, 0.6) is 5.75 Å². The van der Waals surface area contributed by atoms with Crippen LogP contribution in [-0.4, -0.2) is 40.3 Å². The highest BCUT2D eigenvalue weighted by atomic mass is 35.5. The van der Waals surface area contributed by atoms with Gasteiger partial charge in [-0.2, -0.15) is 5.10 Å². The molecule has 4 rings (SSSR count). The SMILES string of the molecule is CS(=O)(=O)Nc1cc(Cl)cc(NC(=O)c2cnn(-c3ncc(F)cc3OCc3cnco3)c2)c1. The van der Waals surface area contributed by atoms with Crippen LogP contribution in [-0.2, 0) is 16.6 Å². The average molecular weight is 507 g/mol. The number of benzene rings is 1. The summed E-state index contributed by atoms with van der Waals surface area (Å²) < 4.78 is 50.9. The van der Waals surface area contributed by atoms with E-state index in [0.29, 0.717) is 5.76 Å². The van der Waals surface area contributed by atoms with Crippen LogP contribution in [0.25, 0.3) is 5.82 Å². The van der Waals surface area contributed by atoms with Crippen molar-refractivity contribution in [2.45, 2.75) is 6.61 Å². The van der Waals surface area contributed by atoms with Crippen molar-refractivity contribution in [3.63, 3.8) is 0 Å². The van der Waals surface area contributed by atoms with Gasteiger partial charge in [-0.1, -0.05) is 11.6 Å². The first-order valence-corrected chi connectivity index (χ1v) is 11.7. The monoisotopic (exact) mass is 506 g/mol. The van der Waals surface area contributed by atoms with Crippen molar-refractivity contribution < 1.29 is 26.8 Å². The summed E-state index contributed by atoms with van der Waals surface area (Å²) in [5, 5.41) is 6.93. The summed E-state index contributed by atoms with van der Waals surface area (Å²) in [6, 6.07) is 5.39. The summed E-state index contributed by atoms with van der Waals surface area (Å²) in [5.74, 6) is -0.548. The zero-order chi connectivity index (χ0) is 24.3. The van der Waals surface area contributed by atoms with Crippen LogP contribution < -0.4 is 14.8 Å². The number of sulfonamides is 1. The molecule has 0 atom stereocenters. The lowest BCUT2D eigenvalue weighted by Gasteiger charge is -2.10. The standard InChI is InChI=1S/C20H16ClFN6O5S/c1-34(30,31)27-16-3-13(21)2-15(5-16)26-20(29)12-6-25-28(9-12)19-18(4-14(22)7-24-19)32-10-17-8-23-11-33-17/h2-9,11,27H,10H2,1H3,(H,26,29). The number of amides is 1. The first-order chi connectivity index (χ1) is 16.2. The molecule has 0 radical (unpaired) electrons. The second kappa shape index (κ2) is 9.49. The maximum atomic E-state index is 13.7. The van der Waals surface area contributed by atoms with Crippen LogP contribution in [0.3, 0.4) is 0 Å². The molecule has 0 bridgehead atoms. The largest absolute Gasteiger partial charge is 0.482 e. The summed E-state index contributed by atoms with van der Waals surface area (Å²) in [4.78, 5) is 20.5. The second-order valence-corrected chi connectivity index (χ2v) is 9.15. The number of aromatic nitrogens is 4. The molecule has 0 saturated heterocycles. The predicted octanol–water partition coefficient (Wildman–Crippen LogP) is 3.25. The zero-order valence-corrected chi connectivity index (χ0v) is 19.0. The maximum absolute atomic E-state index is 13.7. The van der Waals surface area contributed by atoms with Gasteiger partial charge in [-0.3, -0.25) is 9.52 Å². The Bertz CT molecular complexity index is 1440. The number of pyridine rings is 1. The Morgan fingerprint density at radius 1 is 1.21 bits per heavy atom. The number of carbonyl (C=O) groups excluding carboxylic acids is 1. The van der Waals surface area contributed by atoms with Gasteiger partial charge < -0.3 is 14.5 Å². The highest BCUT2D eigenvalue weighted by molar-refractivity contribution is 7.92. The Hall–Kier alpha value is -3.97. The molecule has 34 heavy (non-hydrogen) atoms. The van der Waals surface area contributed by atoms with Gasteiger partial charge in [0.15, 0.2) is 23.7 Å². The molecule has 1 amide bonds. The van der Waals surface area contributed by atoms with E-state index in [1.807, 2.05) is 0 Å². The fourth-order valence-corrected chi connectivity index (χ4v) is 3.63. The predicted molar refractivity (Wildman–Crippen MR) is 120 cm³/mol. The van der Waals surface area contributed by atoms with Gasteiger partial charge in [-0.15, -0.1) is 0 Å². The molecule has 0 unspecified atom stereocenters. The molecular weight excluding hydrogens is 491 g/mol. The second-order valence-electron chi connectivity index (χ2n) is 6.96. The molecule has 0 spiro atoms. The molecule has 0 fully saturated rings. The maximum Gasteiger partial charge on any atom is 0.258 e. The Balaban J connectivity index is 1.53. The number of halogens is 2. The van der Waals surface area contributed by atoms with Gasteiger partial charge in [0.05, 0.1) is 36.1 Å². The van der Waals surface area contributed by atoms with Crippen LogP contribution >= 0.6 is 11.6 Å². The van der Waals surface area contributed by atoms with E-state index >= 15 is 0 Å². The van der Waals surface area contributed by atoms with E-state index in [1.54, 1.807) is 0 Å². The van der Waals surface area contributed by atoms with Crippen molar-refractivity contribution in [3.05, 3.63) is 77.6 Å². The molecule has 11 nitrogen and oxygen atoms in total. The molecule has 176 valence electrons. The number of hydrogen-bond donors (Lipinski definition) is 2. The van der Waals surface area contributed by atoms with E-state index in [9.17, 15) is 17.6 Å². The van der Waals surface area contributed by atoms with E-state index in [2.05, 4.69) is 25.1 Å². The molecule has 3 aromatic heterocycles. The zero-order valence-electron chi connectivity index (χ0n) is 17.4. The quantitative estimate of drug-likeness (QED) is 0.371. The molecule has 4 aromatic rings. The number of oxazole rings is 1. The van der Waals surface area contributed by atoms with Gasteiger partial charge in [-0.05, 0) is 18.2 Å². The van der Waals surface area contributed by atoms with Crippen molar-refractivity contribution >= 4 is 38.9 Å². The minimum atomic E-state index is -3.53. The summed E-state index contributed by atoms with van der Waals surface area (Å²) in [6.45, 7) is -0.0225. The highest BCUT2D eigenvalue weighted by Gasteiger charge is 2.16. The first-order valence-electron chi connectivity index (χ1n) is 9.47. The number of rotatable bonds is 8. The number of carbonyl (C=O) groups is 1. The number of ether oxygens (including phenoxy) is 1. The molecule has 0 aliphatic heterocycles. The summed E-state index contributed by atoms with van der Waals surface area (Å²) >= 11 is 6.02. The van der Waals surface area contributed by atoms with Gasteiger partial charge in [0.1, 0.15) is 12.4 Å². The smallest absolute Gasteiger partial charge is 0.258 e. The number of nitrogens with zero attached hydrogens (tertiary/aromatic N) is 4. The molecule has 0 aliphatic carbocycles. The Morgan fingerprint density at radius 2 is 2.00 bits per heavy atom. The fraction of sp³-hybridized carbons (Fsp3) is 0.100. The van der Waals surface area contributed by atoms with Crippen molar-refractivity contribution in [3.8, 4) is 11.6 Å². The Labute approximate surface area is 197 Å². The third kappa shape index (κ3) is 5.88. The van der Waals surface area contributed by atoms with Crippen LogP contribution in [0.2, 0.25) is 5.02 Å². The van der Waals surface area contributed by atoms with Gasteiger partial charge >= 0.3 is 0 Å². The molecule has 0 aliphatic rings. The summed E-state index contributed by atoms with van der Waals surface area (Å²) in [5.41, 5.74) is 0.586. The van der Waals surface area contributed by atoms with E-state index in [-0.39, 0.29) is 40.1 Å². The molecule has 1 aromatic carbocycles. The number of anilines is 2. The molecule has 0 saturated carbocycles. The van der Waals surface area contributed by atoms with E-state index in [1.165, 1.54) is 47.9 Å². The van der Waals surface area contributed by atoms with Crippen LogP contribution in [0.15, 0.2) is 59.9 Å².